The number of carbonyl (C=O) groups excluding carboxylic acids is 1. The molecule has 54 valence electrons. The van der Waals surface area contributed by atoms with Crippen molar-refractivity contribution in [3.05, 3.63) is 0 Å². The number of carbonyl (C=O) groups is 1. The third-order valence-electron chi connectivity index (χ3n) is 0.731. The molecule has 0 aliphatic heterocycles. The summed E-state index contributed by atoms with van der Waals surface area (Å²) in [4.78, 5) is 10.2. The quantitative estimate of drug-likeness (QED) is 0.555. The molecule has 0 N–H and O–H groups in total. The van der Waals surface area contributed by atoms with E-state index in [2.05, 4.69) is 20.8 Å². The van der Waals surface area contributed by atoms with Crippen LogP contribution in [0.1, 0.15) is 27.7 Å². The van der Waals surface area contributed by atoms with Crippen LogP contribution in [0.3, 0.4) is 0 Å². The fourth-order valence-electron chi connectivity index (χ4n) is 0.585. The number of thioether (sulfide) groups is 1. The predicted octanol–water partition coefficient (Wildman–Crippen LogP) is 2.11. The van der Waals surface area contributed by atoms with Gasteiger partial charge in [-0.05, 0) is 6.92 Å². The Morgan fingerprint density at radius 3 is 2.00 bits per heavy atom. The predicted molar refractivity (Wildman–Crippen MR) is 42.9 cm³/mol. The van der Waals surface area contributed by atoms with Crippen LogP contribution in [-0.4, -0.2) is 16.3 Å². The summed E-state index contributed by atoms with van der Waals surface area (Å²) >= 11 is 1.69. The van der Waals surface area contributed by atoms with Gasteiger partial charge in [0.25, 0.3) is 0 Å². The summed E-state index contributed by atoms with van der Waals surface area (Å²) in [5, 5.41) is 0.130. The van der Waals surface area contributed by atoms with Gasteiger partial charge in [-0.15, -0.1) is 11.8 Å². The lowest BCUT2D eigenvalue weighted by Gasteiger charge is -2.18. The van der Waals surface area contributed by atoms with E-state index in [9.17, 15) is 4.79 Å². The fourth-order valence-corrected chi connectivity index (χ4v) is 1.76. The molecule has 1 nitrogen and oxygen atoms in total. The molecule has 0 saturated heterocycles. The van der Waals surface area contributed by atoms with Crippen LogP contribution in [0.15, 0.2) is 0 Å². The molecule has 0 aromatic rings. The van der Waals surface area contributed by atoms with Gasteiger partial charge in [-0.25, -0.2) is 0 Å². The van der Waals surface area contributed by atoms with Gasteiger partial charge >= 0.3 is 0 Å². The van der Waals surface area contributed by atoms with E-state index >= 15 is 0 Å². The molecule has 0 amide bonds. The first-order valence-corrected chi connectivity index (χ1v) is 3.97. The van der Waals surface area contributed by atoms with Crippen LogP contribution < -0.4 is 0 Å². The maximum atomic E-state index is 10.2. The smallest absolute Gasteiger partial charge is 0.132 e. The third-order valence-corrected chi connectivity index (χ3v) is 1.92. The summed E-state index contributed by atoms with van der Waals surface area (Å²) in [6.07, 6.45) is 0.982. The van der Waals surface area contributed by atoms with Crippen molar-refractivity contribution in [3.63, 3.8) is 0 Å². The first-order valence-electron chi connectivity index (χ1n) is 3.09. The van der Waals surface area contributed by atoms with Crippen LogP contribution >= 0.6 is 11.8 Å². The molecule has 1 unspecified atom stereocenters. The Morgan fingerprint density at radius 1 is 1.44 bits per heavy atom. The molecule has 0 aromatic carbocycles. The lowest BCUT2D eigenvalue weighted by atomic mass is 10.3. The van der Waals surface area contributed by atoms with Gasteiger partial charge in [0.15, 0.2) is 0 Å². The van der Waals surface area contributed by atoms with E-state index < -0.39 is 0 Å². The molecule has 0 heterocycles. The molecule has 0 aliphatic rings. The molecule has 0 aromatic heterocycles. The SMILES string of the molecule is CC(C=O)SC(C)(C)C. The minimum atomic E-state index is 0.130. The summed E-state index contributed by atoms with van der Waals surface area (Å²) in [5.74, 6) is 0. The minimum absolute atomic E-state index is 0.130. The second-order valence-corrected chi connectivity index (χ2v) is 5.28. The number of hydrogen-bond acceptors (Lipinski definition) is 2. The molecule has 0 bridgehead atoms. The van der Waals surface area contributed by atoms with Crippen LogP contribution in [0.4, 0.5) is 0 Å². The van der Waals surface area contributed by atoms with Gasteiger partial charge in [0.2, 0.25) is 0 Å². The first-order chi connectivity index (χ1) is 3.95. The highest BCUT2D eigenvalue weighted by Crippen LogP contribution is 2.26. The normalized spacial score (nSPS) is 15.1. The second kappa shape index (κ2) is 3.25. The van der Waals surface area contributed by atoms with Crippen LogP contribution in [0.25, 0.3) is 0 Å². The van der Waals surface area contributed by atoms with E-state index in [1.165, 1.54) is 0 Å². The summed E-state index contributed by atoms with van der Waals surface area (Å²) in [6.45, 7) is 8.25. The van der Waals surface area contributed by atoms with Crippen molar-refractivity contribution in [1.29, 1.82) is 0 Å². The molecule has 0 spiro atoms. The number of rotatable bonds is 2. The van der Waals surface area contributed by atoms with Crippen molar-refractivity contribution in [2.45, 2.75) is 37.7 Å². The molecule has 0 rings (SSSR count). The van der Waals surface area contributed by atoms with E-state index in [4.69, 9.17) is 0 Å². The summed E-state index contributed by atoms with van der Waals surface area (Å²) < 4.78 is 0.209. The van der Waals surface area contributed by atoms with Crippen LogP contribution in [-0.2, 0) is 4.79 Å². The fraction of sp³-hybridized carbons (Fsp3) is 0.857. The van der Waals surface area contributed by atoms with Crippen LogP contribution in [0.2, 0.25) is 0 Å². The number of hydrogen-bond donors (Lipinski definition) is 0. The molecule has 0 radical (unpaired) electrons. The van der Waals surface area contributed by atoms with Crippen LogP contribution in [0, 0.1) is 0 Å². The van der Waals surface area contributed by atoms with Crippen LogP contribution in [0.5, 0.6) is 0 Å². The Bertz CT molecular complexity index is 93.6. The zero-order valence-corrected chi connectivity index (χ0v) is 7.29. The highest BCUT2D eigenvalue weighted by atomic mass is 32.2. The van der Waals surface area contributed by atoms with Gasteiger partial charge in [0.1, 0.15) is 6.29 Å². The van der Waals surface area contributed by atoms with Crippen molar-refractivity contribution >= 4 is 18.0 Å². The Kier molecular flexibility index (Phi) is 3.26. The maximum absolute atomic E-state index is 10.2. The molecule has 0 fully saturated rings. The Balaban J connectivity index is 3.59. The largest absolute Gasteiger partial charge is 0.302 e. The average molecular weight is 146 g/mol. The lowest BCUT2D eigenvalue weighted by Crippen LogP contribution is -2.13. The Morgan fingerprint density at radius 2 is 1.89 bits per heavy atom. The third kappa shape index (κ3) is 5.90. The summed E-state index contributed by atoms with van der Waals surface area (Å²) in [6, 6.07) is 0. The standard InChI is InChI=1S/C7H14OS/c1-6(5-8)9-7(2,3)4/h5-6H,1-4H3. The van der Waals surface area contributed by atoms with Gasteiger partial charge in [-0.2, -0.15) is 0 Å². The number of aldehydes is 1. The molecule has 9 heavy (non-hydrogen) atoms. The van der Waals surface area contributed by atoms with Gasteiger partial charge in [-0.1, -0.05) is 20.8 Å². The van der Waals surface area contributed by atoms with E-state index in [0.717, 1.165) is 6.29 Å². The highest BCUT2D eigenvalue weighted by Gasteiger charge is 2.14. The van der Waals surface area contributed by atoms with Gasteiger partial charge in [-0.3, -0.25) is 0 Å². The van der Waals surface area contributed by atoms with Crippen molar-refractivity contribution in [2.75, 3.05) is 0 Å². The highest BCUT2D eigenvalue weighted by molar-refractivity contribution is 8.01. The second-order valence-electron chi connectivity index (χ2n) is 3.07. The summed E-state index contributed by atoms with van der Waals surface area (Å²) in [5.41, 5.74) is 0. The van der Waals surface area contributed by atoms with Gasteiger partial charge in [0.05, 0.1) is 5.25 Å². The van der Waals surface area contributed by atoms with Crippen molar-refractivity contribution in [3.8, 4) is 0 Å². The monoisotopic (exact) mass is 146 g/mol. The molecule has 0 aliphatic carbocycles. The lowest BCUT2D eigenvalue weighted by molar-refractivity contribution is -0.107. The molecular weight excluding hydrogens is 132 g/mol. The molecule has 1 atom stereocenters. The summed E-state index contributed by atoms with van der Waals surface area (Å²) in [7, 11) is 0. The first kappa shape index (κ1) is 9.02. The molecule has 2 heteroatoms. The van der Waals surface area contributed by atoms with Crippen molar-refractivity contribution < 1.29 is 4.79 Å². The average Bonchev–Trinajstić information content (AvgIpc) is 1.62. The Labute approximate surface area is 61.2 Å². The van der Waals surface area contributed by atoms with E-state index in [1.807, 2.05) is 6.92 Å². The minimum Gasteiger partial charge on any atom is -0.302 e. The van der Waals surface area contributed by atoms with E-state index in [1.54, 1.807) is 11.8 Å². The topological polar surface area (TPSA) is 17.1 Å². The zero-order valence-electron chi connectivity index (χ0n) is 6.47. The molecule has 0 saturated carbocycles. The van der Waals surface area contributed by atoms with Crippen molar-refractivity contribution in [1.82, 2.24) is 0 Å². The van der Waals surface area contributed by atoms with Gasteiger partial charge < -0.3 is 4.79 Å². The maximum Gasteiger partial charge on any atom is 0.132 e. The Hall–Kier alpha value is 0.0200. The zero-order chi connectivity index (χ0) is 7.49. The van der Waals surface area contributed by atoms with Gasteiger partial charge in [0, 0.05) is 4.75 Å². The van der Waals surface area contributed by atoms with Crippen molar-refractivity contribution in [2.24, 2.45) is 0 Å². The van der Waals surface area contributed by atoms with E-state index in [0.29, 0.717) is 0 Å². The van der Waals surface area contributed by atoms with E-state index in [-0.39, 0.29) is 10.00 Å². The molecular formula is C7H14OS.